The van der Waals surface area contributed by atoms with Crippen LogP contribution in [0.25, 0.3) is 6.08 Å². The Labute approximate surface area is 164 Å². The summed E-state index contributed by atoms with van der Waals surface area (Å²) < 4.78 is 0. The van der Waals surface area contributed by atoms with Crippen LogP contribution in [0.4, 0.5) is 11.5 Å². The molecule has 1 amide bonds. The van der Waals surface area contributed by atoms with Crippen LogP contribution in [0.5, 0.6) is 0 Å². The van der Waals surface area contributed by atoms with Crippen LogP contribution in [0.15, 0.2) is 42.7 Å². The molecule has 0 spiro atoms. The summed E-state index contributed by atoms with van der Waals surface area (Å²) in [5, 5.41) is 11.9. The molecule has 0 unspecified atom stereocenters. The van der Waals surface area contributed by atoms with Gasteiger partial charge in [-0.3, -0.25) is 19.9 Å². The lowest BCUT2D eigenvalue weighted by molar-refractivity contribution is -0.124. The standard InChI is InChI=1S/C20H26N6O2/c1-25(2)18-6-4-3-5-15(18)13-26-10-9-17(14-26)23-19-12-21-16(11-22-19)7-8-20(27)24-28/h3-8,11-12,17,28H,9-10,13-14H2,1-2H3,(H,22,23)(H,24,27)/b8-7+/t17-/m1/s1. The lowest BCUT2D eigenvalue weighted by atomic mass is 10.1. The smallest absolute Gasteiger partial charge is 0.267 e. The Balaban J connectivity index is 1.54. The van der Waals surface area contributed by atoms with Crippen molar-refractivity contribution in [1.82, 2.24) is 20.3 Å². The van der Waals surface area contributed by atoms with Gasteiger partial charge < -0.3 is 10.2 Å². The van der Waals surface area contributed by atoms with Gasteiger partial charge in [0.05, 0.1) is 18.1 Å². The van der Waals surface area contributed by atoms with Crippen molar-refractivity contribution in [1.29, 1.82) is 0 Å². The van der Waals surface area contributed by atoms with Gasteiger partial charge in [-0.1, -0.05) is 18.2 Å². The summed E-state index contributed by atoms with van der Waals surface area (Å²) in [6, 6.07) is 8.81. The van der Waals surface area contributed by atoms with Crippen LogP contribution >= 0.6 is 0 Å². The first-order chi connectivity index (χ1) is 13.5. The molecule has 1 aliphatic rings. The zero-order valence-electron chi connectivity index (χ0n) is 16.2. The number of amides is 1. The van der Waals surface area contributed by atoms with E-state index in [1.807, 2.05) is 0 Å². The molecule has 8 heteroatoms. The number of rotatable bonds is 7. The minimum absolute atomic E-state index is 0.322. The topological polar surface area (TPSA) is 93.6 Å². The van der Waals surface area contributed by atoms with Gasteiger partial charge in [-0.15, -0.1) is 0 Å². The van der Waals surface area contributed by atoms with E-state index in [0.29, 0.717) is 17.6 Å². The molecule has 3 N–H and O–H groups in total. The number of carbonyl (C=O) groups is 1. The van der Waals surface area contributed by atoms with E-state index in [-0.39, 0.29) is 0 Å². The molecule has 28 heavy (non-hydrogen) atoms. The number of anilines is 2. The highest BCUT2D eigenvalue weighted by Crippen LogP contribution is 2.22. The van der Waals surface area contributed by atoms with Crippen molar-refractivity contribution in [2.45, 2.75) is 19.0 Å². The Kier molecular flexibility index (Phi) is 6.57. The Hall–Kier alpha value is -2.97. The monoisotopic (exact) mass is 382 g/mol. The van der Waals surface area contributed by atoms with Gasteiger partial charge in [0.2, 0.25) is 0 Å². The molecule has 1 aliphatic heterocycles. The Morgan fingerprint density at radius 1 is 1.32 bits per heavy atom. The molecule has 1 saturated heterocycles. The summed E-state index contributed by atoms with van der Waals surface area (Å²) in [7, 11) is 4.14. The van der Waals surface area contributed by atoms with Crippen LogP contribution in [0.3, 0.4) is 0 Å². The maximum absolute atomic E-state index is 11.0. The van der Waals surface area contributed by atoms with Crippen LogP contribution in [0.2, 0.25) is 0 Å². The molecule has 2 aromatic rings. The predicted octanol–water partition coefficient (Wildman–Crippen LogP) is 1.75. The van der Waals surface area contributed by atoms with Gasteiger partial charge in [-0.25, -0.2) is 10.5 Å². The van der Waals surface area contributed by atoms with Gasteiger partial charge in [0.15, 0.2) is 0 Å². The molecule has 0 bridgehead atoms. The third-order valence-electron chi connectivity index (χ3n) is 4.68. The Morgan fingerprint density at radius 2 is 2.14 bits per heavy atom. The van der Waals surface area contributed by atoms with E-state index < -0.39 is 5.91 Å². The lowest BCUT2D eigenvalue weighted by Gasteiger charge is -2.22. The van der Waals surface area contributed by atoms with Crippen molar-refractivity contribution in [2.75, 3.05) is 37.4 Å². The Morgan fingerprint density at radius 3 is 2.86 bits per heavy atom. The molecule has 1 aromatic heterocycles. The van der Waals surface area contributed by atoms with E-state index in [4.69, 9.17) is 5.21 Å². The summed E-state index contributed by atoms with van der Waals surface area (Å²) in [5.41, 5.74) is 4.66. The highest BCUT2D eigenvalue weighted by Gasteiger charge is 2.23. The summed E-state index contributed by atoms with van der Waals surface area (Å²) in [6.45, 7) is 2.90. The quantitative estimate of drug-likeness (QED) is 0.382. The maximum atomic E-state index is 11.0. The number of nitrogens with zero attached hydrogens (tertiary/aromatic N) is 4. The zero-order valence-corrected chi connectivity index (χ0v) is 16.2. The number of hydrogen-bond acceptors (Lipinski definition) is 7. The van der Waals surface area contributed by atoms with Crippen LogP contribution in [-0.2, 0) is 11.3 Å². The average molecular weight is 382 g/mol. The highest BCUT2D eigenvalue weighted by molar-refractivity contribution is 5.90. The van der Waals surface area contributed by atoms with E-state index in [9.17, 15) is 4.79 Å². The maximum Gasteiger partial charge on any atom is 0.267 e. The van der Waals surface area contributed by atoms with Gasteiger partial charge in [-0.05, 0) is 24.1 Å². The van der Waals surface area contributed by atoms with Crippen LogP contribution < -0.4 is 15.7 Å². The van der Waals surface area contributed by atoms with Crippen molar-refractivity contribution in [2.24, 2.45) is 0 Å². The third-order valence-corrected chi connectivity index (χ3v) is 4.68. The number of hydroxylamine groups is 1. The van der Waals surface area contributed by atoms with Gasteiger partial charge in [0, 0.05) is 51.5 Å². The SMILES string of the molecule is CN(C)c1ccccc1CN1CC[C@@H](Nc2cnc(/C=C/C(=O)NO)cn2)C1. The number of hydrogen-bond donors (Lipinski definition) is 3. The minimum Gasteiger partial charge on any atom is -0.377 e. The van der Waals surface area contributed by atoms with Crippen molar-refractivity contribution in [3.05, 3.63) is 54.0 Å². The fourth-order valence-corrected chi connectivity index (χ4v) is 3.32. The molecule has 8 nitrogen and oxygen atoms in total. The van der Waals surface area contributed by atoms with Gasteiger partial charge in [-0.2, -0.15) is 0 Å². The summed E-state index contributed by atoms with van der Waals surface area (Å²) in [5.74, 6) is 0.107. The normalized spacial score (nSPS) is 17.0. The highest BCUT2D eigenvalue weighted by atomic mass is 16.5. The van der Waals surface area contributed by atoms with Crippen molar-refractivity contribution < 1.29 is 10.0 Å². The van der Waals surface area contributed by atoms with Crippen molar-refractivity contribution >= 4 is 23.5 Å². The van der Waals surface area contributed by atoms with Crippen LogP contribution in [0.1, 0.15) is 17.7 Å². The lowest BCUT2D eigenvalue weighted by Crippen LogP contribution is -2.27. The number of nitrogens with one attached hydrogen (secondary N) is 2. The number of aromatic nitrogens is 2. The van der Waals surface area contributed by atoms with Gasteiger partial charge >= 0.3 is 0 Å². The second-order valence-corrected chi connectivity index (χ2v) is 7.02. The molecule has 2 heterocycles. The van der Waals surface area contributed by atoms with Crippen LogP contribution in [-0.4, -0.2) is 59.2 Å². The number of para-hydroxylation sites is 1. The molecule has 0 radical (unpaired) electrons. The number of likely N-dealkylation sites (tertiary alicyclic amines) is 1. The predicted molar refractivity (Wildman–Crippen MR) is 109 cm³/mol. The fourth-order valence-electron chi connectivity index (χ4n) is 3.32. The molecular weight excluding hydrogens is 356 g/mol. The van der Waals surface area contributed by atoms with E-state index >= 15 is 0 Å². The Bertz CT molecular complexity index is 822. The van der Waals surface area contributed by atoms with E-state index in [2.05, 4.69) is 63.4 Å². The molecule has 0 saturated carbocycles. The van der Waals surface area contributed by atoms with Crippen molar-refractivity contribution in [3.8, 4) is 0 Å². The molecule has 0 aliphatic carbocycles. The average Bonchev–Trinajstić information content (AvgIpc) is 3.14. The van der Waals surface area contributed by atoms with E-state index in [1.165, 1.54) is 28.9 Å². The first kappa shape index (κ1) is 19.8. The number of benzene rings is 1. The first-order valence-electron chi connectivity index (χ1n) is 9.23. The van der Waals surface area contributed by atoms with Crippen molar-refractivity contribution in [3.63, 3.8) is 0 Å². The molecule has 1 atom stereocenters. The summed E-state index contributed by atoms with van der Waals surface area (Å²) >= 11 is 0. The summed E-state index contributed by atoms with van der Waals surface area (Å²) in [6.07, 6.45) is 6.97. The van der Waals surface area contributed by atoms with E-state index in [0.717, 1.165) is 26.1 Å². The summed E-state index contributed by atoms with van der Waals surface area (Å²) in [4.78, 5) is 24.2. The second-order valence-electron chi connectivity index (χ2n) is 7.02. The molecule has 148 valence electrons. The molecule has 1 fully saturated rings. The fraction of sp³-hybridized carbons (Fsp3) is 0.350. The largest absolute Gasteiger partial charge is 0.377 e. The molecule has 1 aromatic carbocycles. The van der Waals surface area contributed by atoms with E-state index in [1.54, 1.807) is 12.4 Å². The molecule has 3 rings (SSSR count). The third kappa shape index (κ3) is 5.28. The second kappa shape index (κ2) is 9.29. The first-order valence-corrected chi connectivity index (χ1v) is 9.23. The van der Waals surface area contributed by atoms with Gasteiger partial charge in [0.1, 0.15) is 5.82 Å². The minimum atomic E-state index is -0.606. The molecular formula is C20H26N6O2. The van der Waals surface area contributed by atoms with Crippen LogP contribution in [0, 0.1) is 0 Å². The number of carbonyl (C=O) groups excluding carboxylic acids is 1. The van der Waals surface area contributed by atoms with Gasteiger partial charge in [0.25, 0.3) is 5.91 Å². The zero-order chi connectivity index (χ0) is 19.9.